The molecular weight excluding hydrogens is 536 g/mol. The molecule has 0 bridgehead atoms. The van der Waals surface area contributed by atoms with Crippen molar-refractivity contribution in [1.82, 2.24) is 9.88 Å². The van der Waals surface area contributed by atoms with Crippen LogP contribution >= 0.6 is 0 Å². The second-order valence-corrected chi connectivity index (χ2v) is 10.2. The average molecular weight is 571 g/mol. The second kappa shape index (κ2) is 11.9. The van der Waals surface area contributed by atoms with Gasteiger partial charge in [-0.25, -0.2) is 0 Å². The maximum absolute atomic E-state index is 13.5. The fourth-order valence-corrected chi connectivity index (χ4v) is 5.57. The number of anilines is 2. The monoisotopic (exact) mass is 570 g/mol. The quantitative estimate of drug-likeness (QED) is 0.287. The number of aromatic nitrogens is 1. The van der Waals surface area contributed by atoms with E-state index in [2.05, 4.69) is 16.0 Å². The summed E-state index contributed by atoms with van der Waals surface area (Å²) in [4.78, 5) is 38.4. The highest BCUT2D eigenvalue weighted by Crippen LogP contribution is 2.50. The van der Waals surface area contributed by atoms with Crippen molar-refractivity contribution in [2.45, 2.75) is 25.8 Å². The van der Waals surface area contributed by atoms with Gasteiger partial charge in [0.15, 0.2) is 11.5 Å². The van der Waals surface area contributed by atoms with Gasteiger partial charge in [-0.15, -0.1) is 0 Å². The number of methoxy groups -OCH3 is 3. The summed E-state index contributed by atoms with van der Waals surface area (Å²) in [6, 6.07) is 14.2. The van der Waals surface area contributed by atoms with E-state index in [-0.39, 0.29) is 29.5 Å². The van der Waals surface area contributed by atoms with Gasteiger partial charge in [-0.1, -0.05) is 12.1 Å². The molecule has 3 aromatic carbocycles. The van der Waals surface area contributed by atoms with Crippen LogP contribution in [0.1, 0.15) is 30.5 Å². The molecule has 1 heterocycles. The lowest BCUT2D eigenvalue weighted by Crippen LogP contribution is -2.27. The average Bonchev–Trinajstić information content (AvgIpc) is 3.17. The van der Waals surface area contributed by atoms with Gasteiger partial charge in [0.1, 0.15) is 0 Å². The Kier molecular flexibility index (Phi) is 8.06. The van der Waals surface area contributed by atoms with Crippen LogP contribution in [-0.2, 0) is 23.1 Å². The predicted molar refractivity (Wildman–Crippen MR) is 163 cm³/mol. The van der Waals surface area contributed by atoms with Crippen LogP contribution in [0.15, 0.2) is 59.5 Å². The molecule has 2 amide bonds. The van der Waals surface area contributed by atoms with Crippen LogP contribution in [0.4, 0.5) is 11.4 Å². The molecule has 1 atom stereocenters. The number of fused-ring (bicyclic) bond motifs is 4. The molecule has 1 aliphatic rings. The maximum Gasteiger partial charge on any atom is 0.243 e. The van der Waals surface area contributed by atoms with Gasteiger partial charge in [0.25, 0.3) is 0 Å². The van der Waals surface area contributed by atoms with Crippen molar-refractivity contribution >= 4 is 34.1 Å². The lowest BCUT2D eigenvalue weighted by atomic mass is 9.95. The third-order valence-electron chi connectivity index (χ3n) is 7.53. The Morgan fingerprint density at radius 3 is 2.48 bits per heavy atom. The van der Waals surface area contributed by atoms with E-state index in [0.717, 1.165) is 22.0 Å². The zero-order chi connectivity index (χ0) is 30.0. The van der Waals surface area contributed by atoms with Crippen LogP contribution in [0.5, 0.6) is 17.2 Å². The fraction of sp³-hybridized carbons (Fsp3) is 0.281. The highest BCUT2D eigenvalue weighted by Gasteiger charge is 2.29. The third kappa shape index (κ3) is 5.47. The summed E-state index contributed by atoms with van der Waals surface area (Å²) in [7, 11) is 6.60. The molecule has 0 radical (unpaired) electrons. The number of rotatable bonds is 8. The molecule has 0 unspecified atom stereocenters. The number of nitrogens with zero attached hydrogens (tertiary/aromatic N) is 1. The van der Waals surface area contributed by atoms with E-state index in [4.69, 9.17) is 14.2 Å². The van der Waals surface area contributed by atoms with E-state index in [1.807, 2.05) is 54.2 Å². The molecule has 0 fully saturated rings. The highest BCUT2D eigenvalue weighted by molar-refractivity contribution is 5.96. The zero-order valence-corrected chi connectivity index (χ0v) is 24.3. The van der Waals surface area contributed by atoms with Gasteiger partial charge >= 0.3 is 0 Å². The lowest BCUT2D eigenvalue weighted by Gasteiger charge is -2.19. The van der Waals surface area contributed by atoms with E-state index in [0.29, 0.717) is 46.9 Å². The normalized spacial score (nSPS) is 13.8. The van der Waals surface area contributed by atoms with Gasteiger partial charge in [-0.3, -0.25) is 14.4 Å². The van der Waals surface area contributed by atoms with Gasteiger partial charge in [0.05, 0.1) is 39.6 Å². The topological polar surface area (TPSA) is 120 Å². The number of carbonyl (C=O) groups excluding carboxylic acids is 2. The van der Waals surface area contributed by atoms with Crippen LogP contribution in [-0.4, -0.2) is 44.3 Å². The van der Waals surface area contributed by atoms with E-state index in [9.17, 15) is 14.4 Å². The molecule has 42 heavy (non-hydrogen) atoms. The number of nitrogens with one attached hydrogen (secondary N) is 3. The standard InChI is InChI=1S/C32H34N4O6/c1-18(37)34-24-10-7-20-14-28(40-3)31(41-4)32(42-5)30(20)22-9-11-25(27(38)16-23(22)24)33-17-29(39)35-21-8-6-19-12-13-36(2)26(19)15-21/h6,8-9,11-16,24H,7,10,17H2,1-5H3,(H,33,38)(H,34,37)(H,35,39)/t24-/m1/s1. The van der Waals surface area contributed by atoms with Crippen molar-refractivity contribution in [3.8, 4) is 28.4 Å². The molecule has 0 saturated carbocycles. The molecule has 3 N–H and O–H groups in total. The zero-order valence-electron chi connectivity index (χ0n) is 24.3. The number of hydrogen-bond acceptors (Lipinski definition) is 7. The fourth-order valence-electron chi connectivity index (χ4n) is 5.57. The molecule has 5 rings (SSSR count). The largest absolute Gasteiger partial charge is 0.493 e. The number of amides is 2. The van der Waals surface area contributed by atoms with Crippen LogP contribution in [0.25, 0.3) is 22.0 Å². The minimum Gasteiger partial charge on any atom is -0.493 e. The Morgan fingerprint density at radius 2 is 1.76 bits per heavy atom. The molecule has 0 spiro atoms. The minimum absolute atomic E-state index is 0.116. The van der Waals surface area contributed by atoms with E-state index in [1.54, 1.807) is 20.3 Å². The Hall–Kier alpha value is -4.99. The Balaban J connectivity index is 1.51. The smallest absolute Gasteiger partial charge is 0.243 e. The van der Waals surface area contributed by atoms with Gasteiger partial charge in [0.2, 0.25) is 23.0 Å². The van der Waals surface area contributed by atoms with Crippen LogP contribution in [0, 0.1) is 0 Å². The summed E-state index contributed by atoms with van der Waals surface area (Å²) in [6.07, 6.45) is 3.11. The summed E-state index contributed by atoms with van der Waals surface area (Å²) in [5.41, 5.74) is 4.64. The molecule has 4 aromatic rings. The van der Waals surface area contributed by atoms with Crippen molar-refractivity contribution in [1.29, 1.82) is 0 Å². The Morgan fingerprint density at radius 1 is 0.976 bits per heavy atom. The Labute approximate surface area is 243 Å². The van der Waals surface area contributed by atoms with Crippen LogP contribution < -0.4 is 35.6 Å². The molecule has 0 aliphatic heterocycles. The van der Waals surface area contributed by atoms with E-state index >= 15 is 0 Å². The van der Waals surface area contributed by atoms with Gasteiger partial charge < -0.3 is 34.7 Å². The first kappa shape index (κ1) is 28.5. The highest BCUT2D eigenvalue weighted by atomic mass is 16.5. The maximum atomic E-state index is 13.5. The first-order chi connectivity index (χ1) is 20.2. The van der Waals surface area contributed by atoms with Crippen molar-refractivity contribution in [2.24, 2.45) is 7.05 Å². The SMILES string of the molecule is COc1cc2c(c(OC)c1OC)-c1ccc(NCC(=O)Nc3ccc4ccn(C)c4c3)c(=O)cc1[C@H](NC(C)=O)CC2. The summed E-state index contributed by atoms with van der Waals surface area (Å²) < 4.78 is 19.0. The first-order valence-electron chi connectivity index (χ1n) is 13.6. The van der Waals surface area contributed by atoms with Crippen LogP contribution in [0.2, 0.25) is 0 Å². The molecule has 10 heteroatoms. The lowest BCUT2D eigenvalue weighted by molar-refractivity contribution is -0.119. The minimum atomic E-state index is -0.421. The Bertz CT molecular complexity index is 1750. The van der Waals surface area contributed by atoms with Gasteiger partial charge in [-0.05, 0) is 71.3 Å². The number of carbonyl (C=O) groups is 2. The summed E-state index contributed by atoms with van der Waals surface area (Å²) in [5.74, 6) is 0.925. The number of aryl methyl sites for hydroxylation is 2. The van der Waals surface area contributed by atoms with Gasteiger partial charge in [-0.2, -0.15) is 0 Å². The van der Waals surface area contributed by atoms with Crippen molar-refractivity contribution in [3.05, 3.63) is 76.1 Å². The predicted octanol–water partition coefficient (Wildman–Crippen LogP) is 4.41. The summed E-state index contributed by atoms with van der Waals surface area (Å²) in [5, 5.41) is 9.95. The molecule has 1 aromatic heterocycles. The third-order valence-corrected chi connectivity index (χ3v) is 7.53. The van der Waals surface area contributed by atoms with E-state index in [1.165, 1.54) is 20.1 Å². The van der Waals surface area contributed by atoms with E-state index < -0.39 is 6.04 Å². The molecule has 1 aliphatic carbocycles. The van der Waals surface area contributed by atoms with Crippen molar-refractivity contribution in [3.63, 3.8) is 0 Å². The molecule has 0 saturated heterocycles. The molecule has 10 nitrogen and oxygen atoms in total. The van der Waals surface area contributed by atoms with Crippen molar-refractivity contribution < 1.29 is 23.8 Å². The number of hydrogen-bond donors (Lipinski definition) is 3. The van der Waals surface area contributed by atoms with Crippen LogP contribution in [0.3, 0.4) is 0 Å². The summed E-state index contributed by atoms with van der Waals surface area (Å²) >= 11 is 0. The van der Waals surface area contributed by atoms with Crippen molar-refractivity contribution in [2.75, 3.05) is 38.5 Å². The molecule has 218 valence electrons. The summed E-state index contributed by atoms with van der Waals surface area (Å²) in [6.45, 7) is 1.34. The second-order valence-electron chi connectivity index (χ2n) is 10.2. The first-order valence-corrected chi connectivity index (χ1v) is 13.6. The number of benzene rings is 2. The molecular formula is C32H34N4O6. The van der Waals surface area contributed by atoms with Gasteiger partial charge in [0, 0.05) is 36.9 Å². The number of ether oxygens (including phenoxy) is 3.